The number of rotatable bonds is 5. The van der Waals surface area contributed by atoms with Gasteiger partial charge in [-0.3, -0.25) is 4.79 Å². The molecule has 0 saturated heterocycles. The van der Waals surface area contributed by atoms with Gasteiger partial charge in [-0.25, -0.2) is 4.39 Å². The number of anilines is 1. The fourth-order valence-electron chi connectivity index (χ4n) is 2.54. The van der Waals surface area contributed by atoms with Crippen molar-refractivity contribution in [3.05, 3.63) is 70.8 Å². The number of carbonyl (C=O) groups excluding carboxylic acids is 1. The lowest BCUT2D eigenvalue weighted by molar-refractivity contribution is -0.454. The van der Waals surface area contributed by atoms with Gasteiger partial charge in [-0.05, 0) is 35.4 Å². The second-order valence-corrected chi connectivity index (χ2v) is 6.55. The zero-order valence-electron chi connectivity index (χ0n) is 15.8. The summed E-state index contributed by atoms with van der Waals surface area (Å²) in [6, 6.07) is 4.56. The van der Waals surface area contributed by atoms with E-state index in [1.54, 1.807) is 0 Å². The molecule has 1 aromatic heterocycles. The molecular formula is C19H10ClF7N3O3+. The Balaban J connectivity index is 2.00. The average Bonchev–Trinajstić information content (AvgIpc) is 2.69. The quantitative estimate of drug-likeness (QED) is 0.463. The van der Waals surface area contributed by atoms with Crippen molar-refractivity contribution in [2.24, 2.45) is 0 Å². The summed E-state index contributed by atoms with van der Waals surface area (Å²) < 4.78 is 99.4. The summed E-state index contributed by atoms with van der Waals surface area (Å²) in [7, 11) is 0. The number of ether oxygens (including phenoxy) is 2. The molecule has 0 unspecified atom stereocenters. The predicted octanol–water partition coefficient (Wildman–Crippen LogP) is 5.65. The lowest BCUT2D eigenvalue weighted by atomic mass is 10.1. The lowest BCUT2D eigenvalue weighted by Gasteiger charge is -2.17. The Kier molecular flexibility index (Phi) is 6.63. The molecule has 2 N–H and O–H groups in total. The van der Waals surface area contributed by atoms with Gasteiger partial charge in [0.2, 0.25) is 6.20 Å². The number of carbonyl (C=O) groups is 1. The first-order valence-electron chi connectivity index (χ1n) is 8.61. The standard InChI is InChI=1S/C19H9ClF7N3O3/c20-16-11(18(22,23)24)2-4-14(15(16)17(31)30-9-5-6-28-29-8-9)32-10-1-3-13(12(21)7-10)33-19(25,26)27/h1-8H,(H,28,30,31)/p+1. The van der Waals surface area contributed by atoms with E-state index < -0.39 is 57.7 Å². The van der Waals surface area contributed by atoms with Gasteiger partial charge in [0.15, 0.2) is 11.6 Å². The number of nitrogens with zero attached hydrogens (tertiary/aromatic N) is 1. The van der Waals surface area contributed by atoms with Crippen LogP contribution in [0.15, 0.2) is 48.8 Å². The molecular weight excluding hydrogens is 487 g/mol. The molecule has 0 spiro atoms. The van der Waals surface area contributed by atoms with Gasteiger partial charge >= 0.3 is 12.5 Å². The third kappa shape index (κ3) is 6.00. The first-order valence-corrected chi connectivity index (χ1v) is 8.99. The van der Waals surface area contributed by atoms with Crippen LogP contribution in [0.4, 0.5) is 36.4 Å². The van der Waals surface area contributed by atoms with Crippen LogP contribution in [0, 0.1) is 5.82 Å². The molecule has 6 nitrogen and oxygen atoms in total. The summed E-state index contributed by atoms with van der Waals surface area (Å²) in [5.41, 5.74) is -1.98. The second kappa shape index (κ2) is 9.10. The molecule has 2 aromatic carbocycles. The van der Waals surface area contributed by atoms with Crippen LogP contribution in [0.3, 0.4) is 0 Å². The summed E-state index contributed by atoms with van der Waals surface area (Å²) in [5.74, 6) is -4.71. The van der Waals surface area contributed by atoms with Gasteiger partial charge in [-0.1, -0.05) is 11.6 Å². The number of benzene rings is 2. The van der Waals surface area contributed by atoms with Crippen molar-refractivity contribution in [3.63, 3.8) is 0 Å². The smallest absolute Gasteiger partial charge is 0.456 e. The third-order valence-corrected chi connectivity index (χ3v) is 4.27. The van der Waals surface area contributed by atoms with E-state index in [0.717, 1.165) is 12.1 Å². The summed E-state index contributed by atoms with van der Waals surface area (Å²) in [5, 5.41) is 7.30. The van der Waals surface area contributed by atoms with Crippen molar-refractivity contribution in [1.82, 2.24) is 5.10 Å². The lowest BCUT2D eigenvalue weighted by Crippen LogP contribution is -2.18. The molecule has 3 rings (SSSR count). The van der Waals surface area contributed by atoms with E-state index in [2.05, 4.69) is 20.3 Å². The van der Waals surface area contributed by atoms with Gasteiger partial charge in [0.1, 0.15) is 22.7 Å². The highest BCUT2D eigenvalue weighted by Gasteiger charge is 2.36. The number of nitrogens with one attached hydrogen (secondary N) is 2. The summed E-state index contributed by atoms with van der Waals surface area (Å²) >= 11 is 5.85. The fourth-order valence-corrected chi connectivity index (χ4v) is 2.89. The number of aromatic nitrogens is 2. The predicted molar refractivity (Wildman–Crippen MR) is 98.4 cm³/mol. The van der Waals surface area contributed by atoms with Crippen LogP contribution in [0.2, 0.25) is 5.02 Å². The number of hydrogen-bond donors (Lipinski definition) is 1. The second-order valence-electron chi connectivity index (χ2n) is 6.17. The summed E-state index contributed by atoms with van der Waals surface area (Å²) in [6.07, 6.45) is -7.58. The molecule has 33 heavy (non-hydrogen) atoms. The Morgan fingerprint density at radius 3 is 2.30 bits per heavy atom. The number of aromatic amines is 1. The van der Waals surface area contributed by atoms with Crippen LogP contribution in [0.25, 0.3) is 0 Å². The normalized spacial score (nSPS) is 11.8. The van der Waals surface area contributed by atoms with Gasteiger partial charge in [0.05, 0.1) is 16.8 Å². The first kappa shape index (κ1) is 24.0. The van der Waals surface area contributed by atoms with Gasteiger partial charge in [-0.2, -0.15) is 13.2 Å². The van der Waals surface area contributed by atoms with E-state index in [9.17, 15) is 35.5 Å². The molecule has 0 radical (unpaired) electrons. The van der Waals surface area contributed by atoms with E-state index in [1.165, 1.54) is 18.5 Å². The molecule has 0 bridgehead atoms. The molecule has 0 aliphatic carbocycles. The van der Waals surface area contributed by atoms with E-state index in [1.807, 2.05) is 0 Å². The Labute approximate surface area is 184 Å². The summed E-state index contributed by atoms with van der Waals surface area (Å²) in [6.45, 7) is 0. The number of amides is 1. The van der Waals surface area contributed by atoms with E-state index >= 15 is 0 Å². The number of H-pyrrole nitrogens is 1. The van der Waals surface area contributed by atoms with Crippen molar-refractivity contribution >= 4 is 23.2 Å². The summed E-state index contributed by atoms with van der Waals surface area (Å²) in [4.78, 5) is 12.7. The highest BCUT2D eigenvalue weighted by Crippen LogP contribution is 2.41. The molecule has 1 amide bonds. The van der Waals surface area contributed by atoms with Crippen LogP contribution in [0.1, 0.15) is 15.9 Å². The number of alkyl halides is 6. The number of hydrogen-bond acceptors (Lipinski definition) is 4. The molecule has 174 valence electrons. The molecule has 0 atom stereocenters. The maximum atomic E-state index is 14.0. The zero-order chi connectivity index (χ0) is 24.4. The van der Waals surface area contributed by atoms with E-state index in [0.29, 0.717) is 18.2 Å². The highest BCUT2D eigenvalue weighted by molar-refractivity contribution is 6.35. The van der Waals surface area contributed by atoms with Gasteiger partial charge in [-0.15, -0.1) is 18.3 Å². The van der Waals surface area contributed by atoms with Crippen LogP contribution < -0.4 is 19.9 Å². The van der Waals surface area contributed by atoms with Gasteiger partial charge < -0.3 is 14.8 Å². The van der Waals surface area contributed by atoms with E-state index in [4.69, 9.17) is 16.3 Å². The largest absolute Gasteiger partial charge is 0.573 e. The SMILES string of the molecule is O=C(Nc1ccn[nH+]c1)c1c(Oc2ccc(OC(F)(F)F)c(F)c2)ccc(C(F)(F)F)c1Cl. The van der Waals surface area contributed by atoms with Crippen molar-refractivity contribution in [3.8, 4) is 17.2 Å². The minimum atomic E-state index is -5.15. The third-order valence-electron chi connectivity index (χ3n) is 3.87. The van der Waals surface area contributed by atoms with Gasteiger partial charge in [0.25, 0.3) is 5.91 Å². The molecule has 3 aromatic rings. The van der Waals surface area contributed by atoms with Crippen molar-refractivity contribution in [2.45, 2.75) is 12.5 Å². The van der Waals surface area contributed by atoms with Gasteiger partial charge in [0, 0.05) is 6.07 Å². The van der Waals surface area contributed by atoms with Crippen LogP contribution >= 0.6 is 11.6 Å². The van der Waals surface area contributed by atoms with Crippen LogP contribution in [-0.4, -0.2) is 17.4 Å². The van der Waals surface area contributed by atoms with E-state index in [-0.39, 0.29) is 5.69 Å². The van der Waals surface area contributed by atoms with Crippen molar-refractivity contribution in [1.29, 1.82) is 0 Å². The van der Waals surface area contributed by atoms with Crippen molar-refractivity contribution < 1.29 is 50.1 Å². The fraction of sp³-hybridized carbons (Fsp3) is 0.105. The minimum Gasteiger partial charge on any atom is -0.456 e. The maximum Gasteiger partial charge on any atom is 0.573 e. The van der Waals surface area contributed by atoms with Crippen molar-refractivity contribution in [2.75, 3.05) is 5.32 Å². The number of halogens is 8. The Morgan fingerprint density at radius 1 is 1.03 bits per heavy atom. The average molecular weight is 497 g/mol. The van der Waals surface area contributed by atoms with Crippen LogP contribution in [-0.2, 0) is 6.18 Å². The monoisotopic (exact) mass is 496 g/mol. The molecule has 0 saturated carbocycles. The Bertz CT molecular complexity index is 1170. The minimum absolute atomic E-state index is 0.120. The molecule has 1 heterocycles. The molecule has 0 aliphatic heterocycles. The molecule has 0 aliphatic rings. The Hall–Kier alpha value is -3.61. The maximum absolute atomic E-state index is 14.0. The highest BCUT2D eigenvalue weighted by atomic mass is 35.5. The van der Waals surface area contributed by atoms with Crippen LogP contribution in [0.5, 0.6) is 17.2 Å². The topological polar surface area (TPSA) is 74.6 Å². The zero-order valence-corrected chi connectivity index (χ0v) is 16.6. The molecule has 0 fully saturated rings. The Morgan fingerprint density at radius 2 is 1.73 bits per heavy atom. The molecule has 14 heteroatoms. The first-order chi connectivity index (χ1) is 15.3.